The van der Waals surface area contributed by atoms with E-state index in [0.29, 0.717) is 17.4 Å². The topological polar surface area (TPSA) is 29.3 Å². The number of nitrogens with two attached hydrogens (primary N) is 1. The molecule has 0 spiro atoms. The van der Waals surface area contributed by atoms with Crippen LogP contribution in [0.5, 0.6) is 0 Å². The standard InChI is InChI=1S/C16H32N2/c1-16(2)10-9-15(17)13(11-16)12-18(3)14-7-5-4-6-8-14/h13-15H,4-12,17H2,1-3H3. The Balaban J connectivity index is 1.86. The van der Waals surface area contributed by atoms with Crippen molar-refractivity contribution in [1.82, 2.24) is 4.90 Å². The van der Waals surface area contributed by atoms with Gasteiger partial charge in [0.05, 0.1) is 0 Å². The molecule has 2 fully saturated rings. The number of hydrogen-bond acceptors (Lipinski definition) is 2. The van der Waals surface area contributed by atoms with Crippen LogP contribution in [0.2, 0.25) is 0 Å². The quantitative estimate of drug-likeness (QED) is 0.834. The zero-order valence-electron chi connectivity index (χ0n) is 12.6. The van der Waals surface area contributed by atoms with E-state index in [9.17, 15) is 0 Å². The average Bonchev–Trinajstić information content (AvgIpc) is 2.35. The lowest BCUT2D eigenvalue weighted by atomic mass is 9.70. The van der Waals surface area contributed by atoms with E-state index in [1.807, 2.05) is 0 Å². The molecule has 0 aromatic heterocycles. The average molecular weight is 252 g/mol. The summed E-state index contributed by atoms with van der Waals surface area (Å²) >= 11 is 0. The second-order valence-electron chi connectivity index (χ2n) is 7.56. The van der Waals surface area contributed by atoms with Crippen LogP contribution in [0, 0.1) is 11.3 Å². The van der Waals surface area contributed by atoms with Crippen molar-refractivity contribution in [1.29, 1.82) is 0 Å². The van der Waals surface area contributed by atoms with Crippen molar-refractivity contribution in [2.75, 3.05) is 13.6 Å². The molecular weight excluding hydrogens is 220 g/mol. The van der Waals surface area contributed by atoms with Gasteiger partial charge in [-0.1, -0.05) is 33.1 Å². The van der Waals surface area contributed by atoms with E-state index in [-0.39, 0.29) is 0 Å². The Morgan fingerprint density at radius 1 is 1.11 bits per heavy atom. The molecular formula is C16H32N2. The first kappa shape index (κ1) is 14.3. The first-order chi connectivity index (χ1) is 8.48. The van der Waals surface area contributed by atoms with Gasteiger partial charge >= 0.3 is 0 Å². The van der Waals surface area contributed by atoms with E-state index in [1.165, 1.54) is 57.9 Å². The second-order valence-corrected chi connectivity index (χ2v) is 7.56. The van der Waals surface area contributed by atoms with E-state index >= 15 is 0 Å². The summed E-state index contributed by atoms with van der Waals surface area (Å²) in [4.78, 5) is 2.62. The van der Waals surface area contributed by atoms with Crippen LogP contribution in [-0.4, -0.2) is 30.6 Å². The summed E-state index contributed by atoms with van der Waals surface area (Å²) in [5.74, 6) is 0.709. The van der Waals surface area contributed by atoms with Crippen LogP contribution in [0.15, 0.2) is 0 Å². The first-order valence-electron chi connectivity index (χ1n) is 7.94. The Bertz CT molecular complexity index is 256. The maximum Gasteiger partial charge on any atom is 0.00923 e. The zero-order valence-corrected chi connectivity index (χ0v) is 12.6. The van der Waals surface area contributed by atoms with Gasteiger partial charge in [-0.05, 0) is 50.5 Å². The number of hydrogen-bond donors (Lipinski definition) is 1. The molecule has 0 amide bonds. The third-order valence-corrected chi connectivity index (χ3v) is 5.30. The van der Waals surface area contributed by atoms with E-state index < -0.39 is 0 Å². The second kappa shape index (κ2) is 5.92. The Morgan fingerprint density at radius 2 is 1.78 bits per heavy atom. The molecule has 2 saturated carbocycles. The molecule has 106 valence electrons. The predicted molar refractivity (Wildman–Crippen MR) is 78.6 cm³/mol. The number of nitrogens with zero attached hydrogens (tertiary/aromatic N) is 1. The van der Waals surface area contributed by atoms with E-state index in [1.54, 1.807) is 0 Å². The van der Waals surface area contributed by atoms with Crippen LogP contribution in [0.3, 0.4) is 0 Å². The van der Waals surface area contributed by atoms with E-state index in [0.717, 1.165) is 6.04 Å². The summed E-state index contributed by atoms with van der Waals surface area (Å²) in [6, 6.07) is 1.26. The molecule has 2 unspecified atom stereocenters. The highest BCUT2D eigenvalue weighted by atomic mass is 15.1. The summed E-state index contributed by atoms with van der Waals surface area (Å²) in [6.07, 6.45) is 10.9. The molecule has 0 saturated heterocycles. The molecule has 0 aromatic carbocycles. The number of rotatable bonds is 3. The van der Waals surface area contributed by atoms with Crippen molar-refractivity contribution in [2.24, 2.45) is 17.1 Å². The van der Waals surface area contributed by atoms with Gasteiger partial charge in [-0.15, -0.1) is 0 Å². The van der Waals surface area contributed by atoms with Crippen molar-refractivity contribution in [3.05, 3.63) is 0 Å². The van der Waals surface area contributed by atoms with E-state index in [4.69, 9.17) is 5.73 Å². The highest BCUT2D eigenvalue weighted by Crippen LogP contribution is 2.38. The molecule has 2 aliphatic carbocycles. The van der Waals surface area contributed by atoms with Crippen molar-refractivity contribution in [3.8, 4) is 0 Å². The van der Waals surface area contributed by atoms with Crippen molar-refractivity contribution < 1.29 is 0 Å². The van der Waals surface area contributed by atoms with Gasteiger partial charge in [-0.3, -0.25) is 0 Å². The van der Waals surface area contributed by atoms with Gasteiger partial charge in [-0.25, -0.2) is 0 Å². The molecule has 0 radical (unpaired) electrons. The van der Waals surface area contributed by atoms with Crippen LogP contribution in [0.25, 0.3) is 0 Å². The molecule has 2 aliphatic rings. The molecule has 0 heterocycles. The molecule has 18 heavy (non-hydrogen) atoms. The maximum absolute atomic E-state index is 6.35. The van der Waals surface area contributed by atoms with Crippen LogP contribution < -0.4 is 5.73 Å². The van der Waals surface area contributed by atoms with Gasteiger partial charge in [0.25, 0.3) is 0 Å². The summed E-state index contributed by atoms with van der Waals surface area (Å²) < 4.78 is 0. The lowest BCUT2D eigenvalue weighted by Gasteiger charge is -2.42. The highest BCUT2D eigenvalue weighted by Gasteiger charge is 2.34. The molecule has 2 heteroatoms. The van der Waals surface area contributed by atoms with E-state index in [2.05, 4.69) is 25.8 Å². The minimum absolute atomic E-state index is 0.434. The Morgan fingerprint density at radius 3 is 2.44 bits per heavy atom. The lowest BCUT2D eigenvalue weighted by Crippen LogP contribution is -2.46. The largest absolute Gasteiger partial charge is 0.327 e. The van der Waals surface area contributed by atoms with Crippen LogP contribution in [0.1, 0.15) is 65.2 Å². The van der Waals surface area contributed by atoms with Gasteiger partial charge in [0.2, 0.25) is 0 Å². The van der Waals surface area contributed by atoms with Gasteiger partial charge in [-0.2, -0.15) is 0 Å². The van der Waals surface area contributed by atoms with Crippen molar-refractivity contribution >= 4 is 0 Å². The summed E-state index contributed by atoms with van der Waals surface area (Å²) in [5, 5.41) is 0. The van der Waals surface area contributed by atoms with Gasteiger partial charge in [0.1, 0.15) is 0 Å². The van der Waals surface area contributed by atoms with Gasteiger partial charge in [0, 0.05) is 18.6 Å². The molecule has 0 bridgehead atoms. The van der Waals surface area contributed by atoms with Crippen LogP contribution in [0.4, 0.5) is 0 Å². The minimum Gasteiger partial charge on any atom is -0.327 e. The Hall–Kier alpha value is -0.0800. The predicted octanol–water partition coefficient (Wildman–Crippen LogP) is 3.40. The van der Waals surface area contributed by atoms with Crippen LogP contribution >= 0.6 is 0 Å². The molecule has 0 aromatic rings. The third-order valence-electron chi connectivity index (χ3n) is 5.30. The highest BCUT2D eigenvalue weighted by molar-refractivity contribution is 4.89. The summed E-state index contributed by atoms with van der Waals surface area (Å²) in [6.45, 7) is 6.04. The monoisotopic (exact) mass is 252 g/mol. The Labute approximate surface area is 113 Å². The molecule has 0 aliphatic heterocycles. The molecule has 2 rings (SSSR count). The SMILES string of the molecule is CN(CC1CC(C)(C)CCC1N)C1CCCCC1. The van der Waals surface area contributed by atoms with Crippen molar-refractivity contribution in [2.45, 2.75) is 77.3 Å². The fraction of sp³-hybridized carbons (Fsp3) is 1.00. The molecule has 2 nitrogen and oxygen atoms in total. The fourth-order valence-corrected chi connectivity index (χ4v) is 4.00. The maximum atomic E-state index is 6.35. The lowest BCUT2D eigenvalue weighted by molar-refractivity contribution is 0.0966. The molecule has 2 N–H and O–H groups in total. The first-order valence-corrected chi connectivity index (χ1v) is 7.94. The van der Waals surface area contributed by atoms with Gasteiger partial charge < -0.3 is 10.6 Å². The zero-order chi connectivity index (χ0) is 13.2. The molecule has 2 atom stereocenters. The summed E-state index contributed by atoms with van der Waals surface area (Å²) in [5.41, 5.74) is 6.86. The Kier molecular flexibility index (Phi) is 4.71. The van der Waals surface area contributed by atoms with Crippen molar-refractivity contribution in [3.63, 3.8) is 0 Å². The summed E-state index contributed by atoms with van der Waals surface area (Å²) in [7, 11) is 2.32. The normalized spacial score (nSPS) is 33.8. The van der Waals surface area contributed by atoms with Crippen LogP contribution in [-0.2, 0) is 0 Å². The smallest absolute Gasteiger partial charge is 0.00923 e. The van der Waals surface area contributed by atoms with Gasteiger partial charge in [0.15, 0.2) is 0 Å². The third kappa shape index (κ3) is 3.71. The minimum atomic E-state index is 0.434. The fourth-order valence-electron chi connectivity index (χ4n) is 4.00.